The normalized spacial score (nSPS) is 24.7. The number of nitrogens with zero attached hydrogens (tertiary/aromatic N) is 1. The molecule has 0 aliphatic carbocycles. The average molecular weight is 318 g/mol. The quantitative estimate of drug-likeness (QED) is 0.874. The molecule has 2 saturated heterocycles. The number of likely N-dealkylation sites (tertiary alicyclic amines) is 1. The monoisotopic (exact) mass is 318 g/mol. The van der Waals surface area contributed by atoms with E-state index in [0.717, 1.165) is 57.5 Å². The number of nitrogens with one attached hydrogen (secondary N) is 1. The van der Waals surface area contributed by atoms with Crippen molar-refractivity contribution in [2.75, 3.05) is 31.6 Å². The zero-order chi connectivity index (χ0) is 16.1. The van der Waals surface area contributed by atoms with Crippen molar-refractivity contribution >= 4 is 11.6 Å². The van der Waals surface area contributed by atoms with Crippen LogP contribution in [0.4, 0.5) is 5.69 Å². The highest BCUT2D eigenvalue weighted by Crippen LogP contribution is 2.21. The molecule has 1 aromatic rings. The lowest BCUT2D eigenvalue weighted by Gasteiger charge is -2.30. The number of aliphatic hydroxyl groups is 1. The maximum absolute atomic E-state index is 12.7. The van der Waals surface area contributed by atoms with Crippen LogP contribution in [0.15, 0.2) is 24.3 Å². The minimum Gasteiger partial charge on any atom is -0.391 e. The summed E-state index contributed by atoms with van der Waals surface area (Å²) < 4.78 is 5.63. The van der Waals surface area contributed by atoms with Gasteiger partial charge in [0.15, 0.2) is 0 Å². The maximum atomic E-state index is 12.7. The summed E-state index contributed by atoms with van der Waals surface area (Å²) >= 11 is 0. The third-order valence-electron chi connectivity index (χ3n) is 4.65. The number of carbonyl (C=O) groups is 1. The highest BCUT2D eigenvalue weighted by Gasteiger charge is 2.24. The summed E-state index contributed by atoms with van der Waals surface area (Å²) in [5.74, 6) is 0.00367. The highest BCUT2D eigenvalue weighted by atomic mass is 16.5. The van der Waals surface area contributed by atoms with Gasteiger partial charge in [-0.1, -0.05) is 12.1 Å². The average Bonchev–Trinajstić information content (AvgIpc) is 3.08. The molecule has 2 atom stereocenters. The largest absolute Gasteiger partial charge is 0.391 e. The van der Waals surface area contributed by atoms with Gasteiger partial charge in [0.05, 0.1) is 17.8 Å². The van der Waals surface area contributed by atoms with Gasteiger partial charge in [0.25, 0.3) is 5.91 Å². The minimum absolute atomic E-state index is 0.00367. The van der Waals surface area contributed by atoms with Crippen molar-refractivity contribution in [2.24, 2.45) is 0 Å². The van der Waals surface area contributed by atoms with Crippen molar-refractivity contribution in [2.45, 2.75) is 44.3 Å². The second kappa shape index (κ2) is 7.79. The number of hydrogen-bond acceptors (Lipinski definition) is 4. The number of benzene rings is 1. The van der Waals surface area contributed by atoms with E-state index in [1.54, 1.807) is 4.90 Å². The van der Waals surface area contributed by atoms with Crippen LogP contribution in [0, 0.1) is 0 Å². The van der Waals surface area contributed by atoms with Gasteiger partial charge in [-0.15, -0.1) is 0 Å². The molecule has 0 saturated carbocycles. The summed E-state index contributed by atoms with van der Waals surface area (Å²) in [7, 11) is 0. The molecule has 0 aromatic heterocycles. The summed E-state index contributed by atoms with van der Waals surface area (Å²) in [4.78, 5) is 14.5. The number of ether oxygens (including phenoxy) is 1. The third kappa shape index (κ3) is 4.24. The number of rotatable bonds is 5. The Labute approximate surface area is 137 Å². The lowest BCUT2D eigenvalue weighted by Crippen LogP contribution is -2.42. The SMILES string of the molecule is O=C(c1ccccc1NCC[C@@H]1CCCO1)N1CCC[C@@H](O)C1. The van der Waals surface area contributed by atoms with Gasteiger partial charge in [-0.05, 0) is 44.2 Å². The van der Waals surface area contributed by atoms with Gasteiger partial charge in [-0.3, -0.25) is 4.79 Å². The zero-order valence-electron chi connectivity index (χ0n) is 13.5. The first-order valence-corrected chi connectivity index (χ1v) is 8.66. The number of carbonyl (C=O) groups excluding carboxylic acids is 1. The van der Waals surface area contributed by atoms with Gasteiger partial charge < -0.3 is 20.1 Å². The van der Waals surface area contributed by atoms with Crippen molar-refractivity contribution in [3.63, 3.8) is 0 Å². The van der Waals surface area contributed by atoms with E-state index in [1.165, 1.54) is 0 Å². The van der Waals surface area contributed by atoms with Crippen LogP contribution in [-0.4, -0.2) is 54.4 Å². The summed E-state index contributed by atoms with van der Waals surface area (Å²) in [6, 6.07) is 7.63. The molecule has 3 rings (SSSR count). The van der Waals surface area contributed by atoms with Crippen LogP contribution in [0.25, 0.3) is 0 Å². The fourth-order valence-corrected chi connectivity index (χ4v) is 3.37. The van der Waals surface area contributed by atoms with E-state index in [1.807, 2.05) is 24.3 Å². The summed E-state index contributed by atoms with van der Waals surface area (Å²) in [6.07, 6.45) is 4.85. The van der Waals surface area contributed by atoms with Gasteiger partial charge in [0.1, 0.15) is 0 Å². The number of piperidine rings is 1. The lowest BCUT2D eigenvalue weighted by atomic mass is 10.1. The van der Waals surface area contributed by atoms with Crippen LogP contribution < -0.4 is 5.32 Å². The Kier molecular flexibility index (Phi) is 5.51. The van der Waals surface area contributed by atoms with Crippen LogP contribution in [0.1, 0.15) is 42.5 Å². The predicted octanol–water partition coefficient (Wildman–Crippen LogP) is 2.26. The molecule has 2 N–H and O–H groups in total. The smallest absolute Gasteiger partial charge is 0.256 e. The van der Waals surface area contributed by atoms with E-state index in [-0.39, 0.29) is 5.91 Å². The zero-order valence-corrected chi connectivity index (χ0v) is 13.5. The van der Waals surface area contributed by atoms with Gasteiger partial charge in [0.2, 0.25) is 0 Å². The van der Waals surface area contributed by atoms with E-state index < -0.39 is 6.10 Å². The van der Waals surface area contributed by atoms with Crippen molar-refractivity contribution < 1.29 is 14.6 Å². The first kappa shape index (κ1) is 16.3. The van der Waals surface area contributed by atoms with Crippen LogP contribution >= 0.6 is 0 Å². The molecule has 0 spiro atoms. The number of β-amino-alcohol motifs (C(OH)–C–C–N with tert-alkyl or cyclic N) is 1. The topological polar surface area (TPSA) is 61.8 Å². The molecule has 0 radical (unpaired) electrons. The molecular formula is C18H26N2O3. The Hall–Kier alpha value is -1.59. The number of amides is 1. The van der Waals surface area contributed by atoms with Gasteiger partial charge in [0, 0.05) is 31.9 Å². The van der Waals surface area contributed by atoms with Crippen molar-refractivity contribution in [3.8, 4) is 0 Å². The molecule has 5 nitrogen and oxygen atoms in total. The molecule has 0 unspecified atom stereocenters. The van der Waals surface area contributed by atoms with Crippen molar-refractivity contribution in [3.05, 3.63) is 29.8 Å². The summed E-state index contributed by atoms with van der Waals surface area (Å²) in [5.41, 5.74) is 1.56. The van der Waals surface area contributed by atoms with Crippen molar-refractivity contribution in [1.29, 1.82) is 0 Å². The van der Waals surface area contributed by atoms with E-state index >= 15 is 0 Å². The number of anilines is 1. The van der Waals surface area contributed by atoms with E-state index in [2.05, 4.69) is 5.32 Å². The van der Waals surface area contributed by atoms with Gasteiger partial charge in [-0.25, -0.2) is 0 Å². The summed E-state index contributed by atoms with van der Waals surface area (Å²) in [6.45, 7) is 2.83. The second-order valence-electron chi connectivity index (χ2n) is 6.44. The molecule has 1 amide bonds. The Morgan fingerprint density at radius 1 is 1.30 bits per heavy atom. The maximum Gasteiger partial charge on any atom is 0.256 e. The second-order valence-corrected chi connectivity index (χ2v) is 6.44. The van der Waals surface area contributed by atoms with E-state index in [0.29, 0.717) is 18.2 Å². The number of hydrogen-bond donors (Lipinski definition) is 2. The Bertz CT molecular complexity index is 529. The molecular weight excluding hydrogens is 292 g/mol. The molecule has 1 aromatic carbocycles. The third-order valence-corrected chi connectivity index (χ3v) is 4.65. The molecule has 23 heavy (non-hydrogen) atoms. The van der Waals surface area contributed by atoms with Crippen molar-refractivity contribution in [1.82, 2.24) is 4.90 Å². The molecule has 2 aliphatic rings. The van der Waals surface area contributed by atoms with Gasteiger partial charge in [-0.2, -0.15) is 0 Å². The van der Waals surface area contributed by atoms with E-state index in [9.17, 15) is 9.90 Å². The fraction of sp³-hybridized carbons (Fsp3) is 0.611. The molecule has 126 valence electrons. The standard InChI is InChI=1S/C18H26N2O3/c21-14-5-3-11-20(13-14)18(22)16-7-1-2-8-17(16)19-10-9-15-6-4-12-23-15/h1-2,7-8,14-15,19,21H,3-6,9-13H2/t14-,15+/m1/s1. The minimum atomic E-state index is -0.396. The van der Waals surface area contributed by atoms with Crippen LogP contribution in [0.5, 0.6) is 0 Å². The Balaban J connectivity index is 1.61. The highest BCUT2D eigenvalue weighted by molar-refractivity contribution is 5.99. The molecule has 0 bridgehead atoms. The van der Waals surface area contributed by atoms with E-state index in [4.69, 9.17) is 4.74 Å². The number of para-hydroxylation sites is 1. The van der Waals surface area contributed by atoms with Gasteiger partial charge >= 0.3 is 0 Å². The molecule has 2 aliphatic heterocycles. The fourth-order valence-electron chi connectivity index (χ4n) is 3.37. The summed E-state index contributed by atoms with van der Waals surface area (Å²) in [5, 5.41) is 13.2. The molecule has 2 heterocycles. The Morgan fingerprint density at radius 3 is 2.96 bits per heavy atom. The Morgan fingerprint density at radius 2 is 2.17 bits per heavy atom. The molecule has 5 heteroatoms. The molecule has 2 fully saturated rings. The first-order valence-electron chi connectivity index (χ1n) is 8.66. The first-order chi connectivity index (χ1) is 11.2. The predicted molar refractivity (Wildman–Crippen MR) is 89.7 cm³/mol. The van der Waals surface area contributed by atoms with Crippen LogP contribution in [-0.2, 0) is 4.74 Å². The lowest BCUT2D eigenvalue weighted by molar-refractivity contribution is 0.0474. The van der Waals surface area contributed by atoms with Crippen LogP contribution in [0.3, 0.4) is 0 Å². The van der Waals surface area contributed by atoms with Crippen LogP contribution in [0.2, 0.25) is 0 Å². The number of aliphatic hydroxyl groups excluding tert-OH is 1.